The van der Waals surface area contributed by atoms with Crippen LogP contribution in [0.15, 0.2) is 0 Å². The van der Waals surface area contributed by atoms with Crippen molar-refractivity contribution >= 4 is 6.03 Å². The van der Waals surface area contributed by atoms with Gasteiger partial charge in [0.05, 0.1) is 18.8 Å². The lowest BCUT2D eigenvalue weighted by atomic mass is 10.1. The smallest absolute Gasteiger partial charge is 0.317 e. The minimum atomic E-state index is -0.248. The third-order valence-electron chi connectivity index (χ3n) is 2.44. The Labute approximate surface area is 90.9 Å². The van der Waals surface area contributed by atoms with E-state index in [1.165, 1.54) is 0 Å². The summed E-state index contributed by atoms with van der Waals surface area (Å²) in [5.74, 6) is 0. The number of carbonyl (C=O) groups excluding carboxylic acids is 1. The molecule has 0 aromatic carbocycles. The first-order valence-electron chi connectivity index (χ1n) is 5.34. The van der Waals surface area contributed by atoms with Crippen LogP contribution in [0.2, 0.25) is 0 Å². The Bertz CT molecular complexity index is 231. The van der Waals surface area contributed by atoms with Crippen LogP contribution in [0.3, 0.4) is 0 Å². The molecular weight excluding hydrogens is 194 g/mol. The molecule has 3 N–H and O–H groups in total. The molecule has 1 saturated heterocycles. The summed E-state index contributed by atoms with van der Waals surface area (Å²) in [6, 6.07) is -0.0345. The first-order chi connectivity index (χ1) is 6.94. The van der Waals surface area contributed by atoms with E-state index < -0.39 is 0 Å². The molecule has 0 spiro atoms. The van der Waals surface area contributed by atoms with E-state index in [1.807, 2.05) is 20.8 Å². The first-order valence-corrected chi connectivity index (χ1v) is 5.34. The van der Waals surface area contributed by atoms with Crippen LogP contribution < -0.4 is 11.1 Å². The molecule has 1 atom stereocenters. The Balaban J connectivity index is 2.46. The van der Waals surface area contributed by atoms with Crippen LogP contribution in [0.4, 0.5) is 4.79 Å². The Morgan fingerprint density at radius 3 is 2.87 bits per heavy atom. The van der Waals surface area contributed by atoms with Gasteiger partial charge in [-0.05, 0) is 20.8 Å². The average molecular weight is 215 g/mol. The summed E-state index contributed by atoms with van der Waals surface area (Å²) in [4.78, 5) is 13.5. The van der Waals surface area contributed by atoms with Gasteiger partial charge in [-0.1, -0.05) is 0 Å². The zero-order chi connectivity index (χ0) is 11.5. The number of amides is 2. The van der Waals surface area contributed by atoms with Crippen molar-refractivity contribution in [3.05, 3.63) is 0 Å². The number of nitrogens with two attached hydrogens (primary N) is 1. The highest BCUT2D eigenvalue weighted by molar-refractivity contribution is 5.74. The van der Waals surface area contributed by atoms with E-state index in [0.717, 1.165) is 0 Å². The second-order valence-corrected chi connectivity index (χ2v) is 4.62. The van der Waals surface area contributed by atoms with Gasteiger partial charge in [-0.15, -0.1) is 0 Å². The molecule has 5 heteroatoms. The van der Waals surface area contributed by atoms with Gasteiger partial charge in [0.2, 0.25) is 0 Å². The molecule has 1 unspecified atom stereocenters. The van der Waals surface area contributed by atoms with Gasteiger partial charge in [-0.3, -0.25) is 0 Å². The molecule has 1 rings (SSSR count). The number of hydrogen-bond acceptors (Lipinski definition) is 3. The molecule has 0 aliphatic carbocycles. The van der Waals surface area contributed by atoms with Gasteiger partial charge in [0, 0.05) is 19.1 Å². The van der Waals surface area contributed by atoms with Crippen molar-refractivity contribution in [1.82, 2.24) is 10.2 Å². The number of urea groups is 1. The number of rotatable bonds is 2. The van der Waals surface area contributed by atoms with Gasteiger partial charge in [0.1, 0.15) is 0 Å². The van der Waals surface area contributed by atoms with E-state index in [4.69, 9.17) is 10.5 Å². The van der Waals surface area contributed by atoms with Crippen molar-refractivity contribution < 1.29 is 9.53 Å². The number of carbonyl (C=O) groups is 1. The molecule has 5 nitrogen and oxygen atoms in total. The van der Waals surface area contributed by atoms with Crippen LogP contribution in [0.1, 0.15) is 20.8 Å². The maximum atomic E-state index is 11.8. The lowest BCUT2D eigenvalue weighted by Gasteiger charge is -2.38. The van der Waals surface area contributed by atoms with E-state index in [9.17, 15) is 4.79 Å². The van der Waals surface area contributed by atoms with Gasteiger partial charge < -0.3 is 20.7 Å². The molecule has 1 fully saturated rings. The summed E-state index contributed by atoms with van der Waals surface area (Å²) in [5.41, 5.74) is 5.20. The highest BCUT2D eigenvalue weighted by Gasteiger charge is 2.30. The average Bonchev–Trinajstić information content (AvgIpc) is 2.16. The fraction of sp³-hybridized carbons (Fsp3) is 0.900. The quantitative estimate of drug-likeness (QED) is 0.689. The molecule has 0 aromatic heterocycles. The van der Waals surface area contributed by atoms with Crippen molar-refractivity contribution in [3.63, 3.8) is 0 Å². The predicted molar refractivity (Wildman–Crippen MR) is 58.7 cm³/mol. The molecule has 15 heavy (non-hydrogen) atoms. The third kappa shape index (κ3) is 3.68. The first kappa shape index (κ1) is 12.3. The minimum absolute atomic E-state index is 0.0171. The zero-order valence-corrected chi connectivity index (χ0v) is 9.75. The van der Waals surface area contributed by atoms with Gasteiger partial charge in [0.15, 0.2) is 0 Å². The van der Waals surface area contributed by atoms with E-state index in [-0.39, 0.29) is 17.7 Å². The van der Waals surface area contributed by atoms with E-state index in [1.54, 1.807) is 4.90 Å². The Morgan fingerprint density at radius 2 is 2.33 bits per heavy atom. The van der Waals surface area contributed by atoms with Gasteiger partial charge in [-0.25, -0.2) is 4.79 Å². The van der Waals surface area contributed by atoms with Crippen LogP contribution in [-0.4, -0.2) is 48.8 Å². The van der Waals surface area contributed by atoms with Gasteiger partial charge in [-0.2, -0.15) is 0 Å². The second kappa shape index (κ2) is 4.81. The van der Waals surface area contributed by atoms with E-state index in [2.05, 4.69) is 5.32 Å². The van der Waals surface area contributed by atoms with Crippen molar-refractivity contribution in [2.45, 2.75) is 32.4 Å². The molecule has 1 aliphatic heterocycles. The number of morpholine rings is 1. The zero-order valence-electron chi connectivity index (χ0n) is 9.75. The molecule has 1 aliphatic rings. The largest absolute Gasteiger partial charge is 0.372 e. The molecule has 1 heterocycles. The lowest BCUT2D eigenvalue weighted by Crippen LogP contribution is -2.55. The van der Waals surface area contributed by atoms with Crippen molar-refractivity contribution in [2.24, 2.45) is 5.73 Å². The van der Waals surface area contributed by atoms with Crippen LogP contribution in [0.5, 0.6) is 0 Å². The van der Waals surface area contributed by atoms with Crippen LogP contribution in [-0.2, 0) is 4.74 Å². The van der Waals surface area contributed by atoms with Crippen LogP contribution >= 0.6 is 0 Å². The topological polar surface area (TPSA) is 67.6 Å². The third-order valence-corrected chi connectivity index (χ3v) is 2.44. The fourth-order valence-electron chi connectivity index (χ4n) is 1.55. The molecular formula is C10H21N3O2. The molecule has 88 valence electrons. The highest BCUT2D eigenvalue weighted by atomic mass is 16.5. The molecule has 0 aromatic rings. The van der Waals surface area contributed by atoms with Crippen molar-refractivity contribution in [2.75, 3.05) is 26.2 Å². The summed E-state index contributed by atoms with van der Waals surface area (Å²) in [7, 11) is 0. The minimum Gasteiger partial charge on any atom is -0.372 e. The number of nitrogens with one attached hydrogen (secondary N) is 1. The summed E-state index contributed by atoms with van der Waals surface area (Å²) < 4.78 is 5.53. The maximum absolute atomic E-state index is 11.8. The van der Waals surface area contributed by atoms with Crippen LogP contribution in [0.25, 0.3) is 0 Å². The Hall–Kier alpha value is -0.810. The molecule has 2 amide bonds. The van der Waals surface area contributed by atoms with Gasteiger partial charge >= 0.3 is 6.03 Å². The monoisotopic (exact) mass is 215 g/mol. The standard InChI is InChI=1S/C10H21N3O2/c1-8(6-11)12-9(14)13-4-5-15-10(2,3)7-13/h8H,4-7,11H2,1-3H3,(H,12,14). The summed E-state index contributed by atoms with van der Waals surface area (Å²) >= 11 is 0. The molecule has 0 bridgehead atoms. The highest BCUT2D eigenvalue weighted by Crippen LogP contribution is 2.16. The summed E-state index contributed by atoms with van der Waals surface area (Å²) in [6.07, 6.45) is 0. The summed E-state index contributed by atoms with van der Waals surface area (Å²) in [6.45, 7) is 8.18. The maximum Gasteiger partial charge on any atom is 0.317 e. The van der Waals surface area contributed by atoms with Crippen LogP contribution in [0, 0.1) is 0 Å². The van der Waals surface area contributed by atoms with Crippen molar-refractivity contribution in [1.29, 1.82) is 0 Å². The Morgan fingerprint density at radius 1 is 1.67 bits per heavy atom. The second-order valence-electron chi connectivity index (χ2n) is 4.62. The lowest BCUT2D eigenvalue weighted by molar-refractivity contribution is -0.0734. The summed E-state index contributed by atoms with van der Waals surface area (Å²) in [5, 5.41) is 2.84. The fourth-order valence-corrected chi connectivity index (χ4v) is 1.55. The van der Waals surface area contributed by atoms with Crippen molar-refractivity contribution in [3.8, 4) is 0 Å². The molecule has 0 saturated carbocycles. The van der Waals surface area contributed by atoms with E-state index >= 15 is 0 Å². The van der Waals surface area contributed by atoms with E-state index in [0.29, 0.717) is 26.2 Å². The normalized spacial score (nSPS) is 22.3. The number of nitrogens with zero attached hydrogens (tertiary/aromatic N) is 1. The van der Waals surface area contributed by atoms with Gasteiger partial charge in [0.25, 0.3) is 0 Å². The predicted octanol–water partition coefficient (Wildman–Crippen LogP) is 0.154. The Kier molecular flexibility index (Phi) is 3.93. The molecule has 0 radical (unpaired) electrons. The number of hydrogen-bond donors (Lipinski definition) is 2. The SMILES string of the molecule is CC(CN)NC(=O)N1CCOC(C)(C)C1. The number of ether oxygens (including phenoxy) is 1.